The Bertz CT molecular complexity index is 135. The van der Waals surface area contributed by atoms with Crippen LogP contribution in [0.15, 0.2) is 25.3 Å². The summed E-state index contributed by atoms with van der Waals surface area (Å²) >= 11 is 2.83. The number of carbonyl (C=O) groups excluding carboxylic acids is 1. The van der Waals surface area contributed by atoms with Crippen molar-refractivity contribution in [3.05, 3.63) is 25.3 Å². The molecule has 0 radical (unpaired) electrons. The Morgan fingerprint density at radius 3 is 2.00 bits per heavy atom. The van der Waals surface area contributed by atoms with Crippen LogP contribution in [0.2, 0.25) is 0 Å². The molecule has 0 heterocycles. The monoisotopic (exact) mass is 203 g/mol. The van der Waals surface area contributed by atoms with Crippen LogP contribution in [0.25, 0.3) is 0 Å². The second kappa shape index (κ2) is 5.23. The molecule has 0 fully saturated rings. The third-order valence-electron chi connectivity index (χ3n) is 0.948. The highest BCUT2D eigenvalue weighted by atomic mass is 79.9. The summed E-state index contributed by atoms with van der Waals surface area (Å²) in [7, 11) is 0. The molecule has 10 heavy (non-hydrogen) atoms. The lowest BCUT2D eigenvalue weighted by Crippen LogP contribution is -2.25. The van der Waals surface area contributed by atoms with Crippen molar-refractivity contribution >= 4 is 20.7 Å². The van der Waals surface area contributed by atoms with Crippen LogP contribution in [-0.4, -0.2) is 22.8 Å². The summed E-state index contributed by atoms with van der Waals surface area (Å²) in [5.41, 5.74) is 0. The highest BCUT2D eigenvalue weighted by Crippen LogP contribution is 1.98. The lowest BCUT2D eigenvalue weighted by Gasteiger charge is -2.14. The largest absolute Gasteiger partial charge is 0.326 e. The minimum atomic E-state index is -0.132. The zero-order chi connectivity index (χ0) is 7.98. The Hall–Kier alpha value is -0.570. The van der Waals surface area contributed by atoms with Crippen molar-refractivity contribution in [2.75, 3.05) is 13.1 Å². The Morgan fingerprint density at radius 2 is 1.80 bits per heavy atom. The van der Waals surface area contributed by atoms with Crippen molar-refractivity contribution < 1.29 is 4.79 Å². The van der Waals surface area contributed by atoms with Crippen molar-refractivity contribution in [3.63, 3.8) is 0 Å². The van der Waals surface area contributed by atoms with Crippen molar-refractivity contribution in [1.82, 2.24) is 4.90 Å². The molecule has 0 N–H and O–H groups in total. The molecule has 0 spiro atoms. The minimum absolute atomic E-state index is 0.132. The fraction of sp³-hybridized carbons (Fsp3) is 0.286. The van der Waals surface area contributed by atoms with Crippen LogP contribution in [-0.2, 0) is 0 Å². The van der Waals surface area contributed by atoms with Crippen LogP contribution < -0.4 is 0 Å². The highest BCUT2D eigenvalue weighted by molar-refractivity contribution is 9.18. The van der Waals surface area contributed by atoms with Gasteiger partial charge in [0.1, 0.15) is 0 Å². The average molecular weight is 204 g/mol. The van der Waals surface area contributed by atoms with Crippen LogP contribution in [0.3, 0.4) is 0 Å². The number of carbonyl (C=O) groups is 1. The van der Waals surface area contributed by atoms with Crippen molar-refractivity contribution in [3.8, 4) is 0 Å². The molecule has 0 unspecified atom stereocenters. The maximum atomic E-state index is 10.7. The first kappa shape index (κ1) is 9.43. The van der Waals surface area contributed by atoms with Gasteiger partial charge in [0.15, 0.2) is 0 Å². The van der Waals surface area contributed by atoms with Crippen molar-refractivity contribution in [2.24, 2.45) is 0 Å². The molecular formula is C7H10BrNO. The molecule has 0 saturated heterocycles. The van der Waals surface area contributed by atoms with E-state index >= 15 is 0 Å². The molecule has 0 aromatic carbocycles. The molecular weight excluding hydrogens is 194 g/mol. The lowest BCUT2D eigenvalue weighted by atomic mass is 10.5. The first-order valence-electron chi connectivity index (χ1n) is 2.88. The van der Waals surface area contributed by atoms with E-state index in [-0.39, 0.29) is 4.82 Å². The van der Waals surface area contributed by atoms with E-state index in [1.165, 1.54) is 0 Å². The topological polar surface area (TPSA) is 20.3 Å². The number of halogens is 1. The summed E-state index contributed by atoms with van der Waals surface area (Å²) in [5.74, 6) is 0. The summed E-state index contributed by atoms with van der Waals surface area (Å²) < 4.78 is 0. The average Bonchev–Trinajstić information content (AvgIpc) is 1.87. The predicted octanol–water partition coefficient (Wildman–Crippen LogP) is 2.18. The number of amides is 1. The van der Waals surface area contributed by atoms with Gasteiger partial charge in [-0.3, -0.25) is 4.79 Å². The van der Waals surface area contributed by atoms with Gasteiger partial charge in [-0.05, 0) is 0 Å². The molecule has 1 amide bonds. The maximum Gasteiger partial charge on any atom is 0.290 e. The third kappa shape index (κ3) is 3.45. The van der Waals surface area contributed by atoms with Gasteiger partial charge in [0.05, 0.1) is 0 Å². The molecule has 0 rings (SSSR count). The molecule has 2 nitrogen and oxygen atoms in total. The van der Waals surface area contributed by atoms with Crippen LogP contribution >= 0.6 is 15.9 Å². The van der Waals surface area contributed by atoms with E-state index in [1.807, 2.05) is 0 Å². The zero-order valence-corrected chi connectivity index (χ0v) is 7.30. The van der Waals surface area contributed by atoms with Crippen LogP contribution in [0.4, 0.5) is 4.79 Å². The van der Waals surface area contributed by atoms with E-state index in [0.29, 0.717) is 13.1 Å². The first-order valence-corrected chi connectivity index (χ1v) is 3.68. The van der Waals surface area contributed by atoms with Gasteiger partial charge in [0, 0.05) is 29.0 Å². The SMILES string of the molecule is C=CCN(CC=C)C(=O)Br. The van der Waals surface area contributed by atoms with Crippen molar-refractivity contribution in [2.45, 2.75) is 0 Å². The molecule has 3 heteroatoms. The number of hydrogen-bond donors (Lipinski definition) is 0. The molecule has 0 bridgehead atoms. The second-order valence-electron chi connectivity index (χ2n) is 1.74. The fourth-order valence-electron chi connectivity index (χ4n) is 0.530. The first-order chi connectivity index (χ1) is 4.72. The van der Waals surface area contributed by atoms with Gasteiger partial charge < -0.3 is 4.90 Å². The van der Waals surface area contributed by atoms with Gasteiger partial charge >= 0.3 is 0 Å². The van der Waals surface area contributed by atoms with Gasteiger partial charge in [-0.25, -0.2) is 0 Å². The fourth-order valence-corrected chi connectivity index (χ4v) is 0.819. The smallest absolute Gasteiger partial charge is 0.290 e. The van der Waals surface area contributed by atoms with Crippen LogP contribution in [0.5, 0.6) is 0 Å². The third-order valence-corrected chi connectivity index (χ3v) is 1.45. The van der Waals surface area contributed by atoms with Crippen molar-refractivity contribution in [1.29, 1.82) is 0 Å². The normalized spacial score (nSPS) is 8.50. The van der Waals surface area contributed by atoms with E-state index in [1.54, 1.807) is 17.1 Å². The molecule has 0 atom stereocenters. The molecule has 56 valence electrons. The summed E-state index contributed by atoms with van der Waals surface area (Å²) in [5, 5.41) is 0. The van der Waals surface area contributed by atoms with Gasteiger partial charge in [-0.15, -0.1) is 13.2 Å². The number of rotatable bonds is 4. The molecule has 0 aliphatic heterocycles. The second-order valence-corrected chi connectivity index (χ2v) is 2.41. The molecule has 0 saturated carbocycles. The highest BCUT2D eigenvalue weighted by Gasteiger charge is 2.03. The Morgan fingerprint density at radius 1 is 1.40 bits per heavy atom. The Labute approximate surface area is 69.3 Å². The van der Waals surface area contributed by atoms with E-state index in [4.69, 9.17) is 0 Å². The lowest BCUT2D eigenvalue weighted by molar-refractivity contribution is 0.234. The van der Waals surface area contributed by atoms with Gasteiger partial charge in [-0.1, -0.05) is 12.2 Å². The van der Waals surface area contributed by atoms with E-state index in [9.17, 15) is 4.79 Å². The van der Waals surface area contributed by atoms with Crippen LogP contribution in [0, 0.1) is 0 Å². The van der Waals surface area contributed by atoms with E-state index in [2.05, 4.69) is 29.1 Å². The predicted molar refractivity (Wildman–Crippen MR) is 46.3 cm³/mol. The van der Waals surface area contributed by atoms with Gasteiger partial charge in [0.2, 0.25) is 0 Å². The quantitative estimate of drug-likeness (QED) is 0.390. The molecule has 0 aromatic rings. The zero-order valence-electron chi connectivity index (χ0n) is 5.72. The van der Waals surface area contributed by atoms with Gasteiger partial charge in [-0.2, -0.15) is 0 Å². The Balaban J connectivity index is 3.83. The summed E-state index contributed by atoms with van der Waals surface area (Å²) in [4.78, 5) is 12.1. The number of hydrogen-bond acceptors (Lipinski definition) is 1. The standard InChI is InChI=1S/C7H10BrNO/c1-3-5-9(6-4-2)7(8)10/h3-4H,1-2,5-6H2. The molecule has 0 aromatic heterocycles. The minimum Gasteiger partial charge on any atom is -0.326 e. The number of nitrogens with zero attached hydrogens (tertiary/aromatic N) is 1. The van der Waals surface area contributed by atoms with E-state index in [0.717, 1.165) is 0 Å². The maximum absolute atomic E-state index is 10.7. The summed E-state index contributed by atoms with van der Waals surface area (Å²) in [6, 6.07) is 0. The summed E-state index contributed by atoms with van der Waals surface area (Å²) in [6.45, 7) is 8.14. The molecule has 0 aliphatic carbocycles. The summed E-state index contributed by atoms with van der Waals surface area (Å²) in [6.07, 6.45) is 3.34. The van der Waals surface area contributed by atoms with E-state index < -0.39 is 0 Å². The van der Waals surface area contributed by atoms with Gasteiger partial charge in [0.25, 0.3) is 4.82 Å². The molecule has 0 aliphatic rings. The Kier molecular flexibility index (Phi) is 4.94. The van der Waals surface area contributed by atoms with Crippen LogP contribution in [0.1, 0.15) is 0 Å².